The lowest BCUT2D eigenvalue weighted by Crippen LogP contribution is -2.51. The first-order valence-corrected chi connectivity index (χ1v) is 10.9. The highest BCUT2D eigenvalue weighted by atomic mass is 16.2. The van der Waals surface area contributed by atoms with E-state index in [9.17, 15) is 9.59 Å². The van der Waals surface area contributed by atoms with Crippen LogP contribution in [0.15, 0.2) is 24.5 Å². The summed E-state index contributed by atoms with van der Waals surface area (Å²) in [6, 6.07) is 4.30. The van der Waals surface area contributed by atoms with E-state index in [2.05, 4.69) is 26.6 Å². The zero-order valence-corrected chi connectivity index (χ0v) is 16.6. The van der Waals surface area contributed by atoms with Gasteiger partial charge in [-0.1, -0.05) is 18.9 Å². The molecule has 2 N–H and O–H groups in total. The minimum absolute atomic E-state index is 0.0646. The highest BCUT2D eigenvalue weighted by molar-refractivity contribution is 5.80. The number of hydrogen-bond acceptors (Lipinski definition) is 4. The number of nitrogens with one attached hydrogen (secondary N) is 2. The largest absolute Gasteiger partial charge is 0.353 e. The number of piperazine rings is 1. The third-order valence-corrected chi connectivity index (χ3v) is 6.74. The molecule has 3 aliphatic rings. The van der Waals surface area contributed by atoms with Gasteiger partial charge in [-0.3, -0.25) is 14.6 Å². The van der Waals surface area contributed by atoms with Crippen LogP contribution in [0.5, 0.6) is 0 Å². The van der Waals surface area contributed by atoms with Gasteiger partial charge in [0.2, 0.25) is 11.8 Å². The molecule has 6 nitrogen and oxygen atoms in total. The predicted octanol–water partition coefficient (Wildman–Crippen LogP) is 2.42. The van der Waals surface area contributed by atoms with Crippen molar-refractivity contribution in [1.29, 1.82) is 0 Å². The molecule has 0 radical (unpaired) electrons. The Kier molecular flexibility index (Phi) is 6.25. The van der Waals surface area contributed by atoms with Crippen LogP contribution in [0.1, 0.15) is 63.0 Å². The third kappa shape index (κ3) is 4.37. The van der Waals surface area contributed by atoms with Gasteiger partial charge in [0.05, 0.1) is 6.04 Å². The Hall–Kier alpha value is -1.95. The van der Waals surface area contributed by atoms with Crippen molar-refractivity contribution in [2.45, 2.75) is 63.5 Å². The zero-order chi connectivity index (χ0) is 19.3. The fourth-order valence-corrected chi connectivity index (χ4v) is 5.07. The van der Waals surface area contributed by atoms with Crippen LogP contribution in [0.25, 0.3) is 0 Å². The maximum absolute atomic E-state index is 13.3. The van der Waals surface area contributed by atoms with E-state index >= 15 is 0 Å². The van der Waals surface area contributed by atoms with Gasteiger partial charge in [0.15, 0.2) is 0 Å². The van der Waals surface area contributed by atoms with Gasteiger partial charge >= 0.3 is 0 Å². The summed E-state index contributed by atoms with van der Waals surface area (Å²) in [5.74, 6) is 0.819. The smallest absolute Gasteiger partial charge is 0.226 e. The Morgan fingerprint density at radius 3 is 2.57 bits per heavy atom. The number of nitrogens with zero attached hydrogens (tertiary/aromatic N) is 2. The molecule has 1 aliphatic heterocycles. The lowest BCUT2D eigenvalue weighted by atomic mass is 9.84. The van der Waals surface area contributed by atoms with Gasteiger partial charge in [0.25, 0.3) is 0 Å². The second kappa shape index (κ2) is 9.03. The fourth-order valence-electron chi connectivity index (χ4n) is 5.07. The van der Waals surface area contributed by atoms with Gasteiger partial charge in [-0.2, -0.15) is 0 Å². The van der Waals surface area contributed by atoms with E-state index in [0.717, 1.165) is 63.7 Å². The Morgan fingerprint density at radius 1 is 1.07 bits per heavy atom. The van der Waals surface area contributed by atoms with Crippen LogP contribution in [0, 0.1) is 11.8 Å². The second-order valence-electron chi connectivity index (χ2n) is 8.58. The van der Waals surface area contributed by atoms with E-state index in [4.69, 9.17) is 0 Å². The number of carbonyl (C=O) groups is 2. The van der Waals surface area contributed by atoms with E-state index < -0.39 is 0 Å². The Morgan fingerprint density at radius 2 is 1.86 bits per heavy atom. The second-order valence-corrected chi connectivity index (χ2v) is 8.58. The van der Waals surface area contributed by atoms with Crippen molar-refractivity contribution < 1.29 is 9.59 Å². The molecule has 0 spiro atoms. The lowest BCUT2D eigenvalue weighted by Gasteiger charge is -2.40. The highest BCUT2D eigenvalue weighted by Crippen LogP contribution is 2.31. The van der Waals surface area contributed by atoms with Crippen LogP contribution >= 0.6 is 0 Å². The topological polar surface area (TPSA) is 74.3 Å². The molecule has 1 aromatic heterocycles. The molecule has 2 saturated carbocycles. The monoisotopic (exact) mass is 384 g/mol. The number of carbonyl (C=O) groups excluding carboxylic acids is 2. The van der Waals surface area contributed by atoms with Crippen LogP contribution in [0.2, 0.25) is 0 Å². The van der Waals surface area contributed by atoms with Crippen molar-refractivity contribution in [3.8, 4) is 0 Å². The molecule has 3 fully saturated rings. The Bertz CT molecular complexity index is 666. The quantitative estimate of drug-likeness (QED) is 0.836. The van der Waals surface area contributed by atoms with Crippen LogP contribution in [0.3, 0.4) is 0 Å². The van der Waals surface area contributed by atoms with Crippen molar-refractivity contribution in [2.24, 2.45) is 11.8 Å². The number of hydrogen-bond donors (Lipinski definition) is 2. The number of amides is 2. The van der Waals surface area contributed by atoms with Gasteiger partial charge in [-0.15, -0.1) is 0 Å². The molecule has 1 atom stereocenters. The van der Waals surface area contributed by atoms with Crippen LogP contribution in [-0.4, -0.2) is 47.4 Å². The zero-order valence-electron chi connectivity index (χ0n) is 16.6. The Balaban J connectivity index is 1.32. The van der Waals surface area contributed by atoms with Crippen molar-refractivity contribution >= 4 is 11.8 Å². The first kappa shape index (κ1) is 19.4. The average molecular weight is 385 g/mol. The molecule has 2 amide bonds. The maximum atomic E-state index is 13.3. The minimum Gasteiger partial charge on any atom is -0.353 e. The van der Waals surface area contributed by atoms with Crippen molar-refractivity contribution in [3.05, 3.63) is 30.1 Å². The van der Waals surface area contributed by atoms with Crippen LogP contribution < -0.4 is 10.6 Å². The fraction of sp³-hybridized carbons (Fsp3) is 0.682. The summed E-state index contributed by atoms with van der Waals surface area (Å²) in [6.07, 6.45) is 11.7. The lowest BCUT2D eigenvalue weighted by molar-refractivity contribution is -0.140. The Labute approximate surface area is 167 Å². The molecule has 0 bridgehead atoms. The van der Waals surface area contributed by atoms with Crippen LogP contribution in [0.4, 0.5) is 0 Å². The van der Waals surface area contributed by atoms with Gasteiger partial charge < -0.3 is 15.5 Å². The van der Waals surface area contributed by atoms with Gasteiger partial charge in [0.1, 0.15) is 0 Å². The SMILES string of the molecule is O=C(NC1CCC(C(=O)N2CCNCC2c2cccnc2)CC1)C1CCCC1. The highest BCUT2D eigenvalue weighted by Gasteiger charge is 2.35. The van der Waals surface area contributed by atoms with Gasteiger partial charge in [-0.05, 0) is 50.2 Å². The first-order valence-electron chi connectivity index (χ1n) is 10.9. The molecule has 1 aromatic rings. The molecule has 2 aliphatic carbocycles. The predicted molar refractivity (Wildman–Crippen MR) is 107 cm³/mol. The summed E-state index contributed by atoms with van der Waals surface area (Å²) >= 11 is 0. The molecular weight excluding hydrogens is 352 g/mol. The summed E-state index contributed by atoms with van der Waals surface area (Å²) in [7, 11) is 0. The van der Waals surface area contributed by atoms with Crippen molar-refractivity contribution in [1.82, 2.24) is 20.5 Å². The molecule has 0 aromatic carbocycles. The summed E-state index contributed by atoms with van der Waals surface area (Å²) in [6.45, 7) is 2.37. The van der Waals surface area contributed by atoms with Crippen molar-refractivity contribution in [2.75, 3.05) is 19.6 Å². The normalized spacial score (nSPS) is 28.9. The van der Waals surface area contributed by atoms with Crippen molar-refractivity contribution in [3.63, 3.8) is 0 Å². The molecule has 1 unspecified atom stereocenters. The molecule has 4 rings (SSSR count). The number of pyridine rings is 1. The molecule has 28 heavy (non-hydrogen) atoms. The molecule has 6 heteroatoms. The first-order chi connectivity index (χ1) is 13.7. The molecule has 1 saturated heterocycles. The van der Waals surface area contributed by atoms with E-state index in [0.29, 0.717) is 0 Å². The van der Waals surface area contributed by atoms with Crippen LogP contribution in [-0.2, 0) is 9.59 Å². The third-order valence-electron chi connectivity index (χ3n) is 6.74. The van der Waals surface area contributed by atoms with Gasteiger partial charge in [-0.25, -0.2) is 0 Å². The summed E-state index contributed by atoms with van der Waals surface area (Å²) in [4.78, 5) is 31.9. The standard InChI is InChI=1S/C22H32N4O2/c27-21(16-4-1-2-5-16)25-19-9-7-17(8-10-19)22(28)26-13-12-24-15-20(26)18-6-3-11-23-14-18/h3,6,11,14,16-17,19-20,24H,1-2,4-5,7-10,12-13,15H2,(H,25,27). The molecule has 152 valence electrons. The van der Waals surface area contributed by atoms with E-state index in [-0.39, 0.29) is 35.7 Å². The summed E-state index contributed by atoms with van der Waals surface area (Å²) in [5.41, 5.74) is 1.10. The summed E-state index contributed by atoms with van der Waals surface area (Å²) < 4.78 is 0. The minimum atomic E-state index is 0.0646. The van der Waals surface area contributed by atoms with E-state index in [1.165, 1.54) is 12.8 Å². The average Bonchev–Trinajstić information content (AvgIpc) is 3.30. The summed E-state index contributed by atoms with van der Waals surface area (Å²) in [5, 5.41) is 6.66. The van der Waals surface area contributed by atoms with E-state index in [1.54, 1.807) is 6.20 Å². The van der Waals surface area contributed by atoms with E-state index in [1.807, 2.05) is 12.3 Å². The number of aromatic nitrogens is 1. The molecule has 2 heterocycles. The van der Waals surface area contributed by atoms with Gasteiger partial charge in [0, 0.05) is 49.9 Å². The number of rotatable bonds is 4. The molecular formula is C22H32N4O2. The maximum Gasteiger partial charge on any atom is 0.226 e.